The molecule has 0 fully saturated rings. The van der Waals surface area contributed by atoms with Crippen LogP contribution in [0.5, 0.6) is 0 Å². The van der Waals surface area contributed by atoms with Crippen LogP contribution < -0.4 is 11.1 Å². The van der Waals surface area contributed by atoms with E-state index in [0.717, 1.165) is 27.6 Å². The third-order valence-electron chi connectivity index (χ3n) is 5.04. The van der Waals surface area contributed by atoms with Crippen LogP contribution in [0.15, 0.2) is 41.1 Å². The Balaban J connectivity index is 1.81. The van der Waals surface area contributed by atoms with E-state index in [0.29, 0.717) is 21.6 Å². The fraction of sp³-hybridized carbons (Fsp3) is 0.238. The number of amides is 1. The molecule has 3 heterocycles. The van der Waals surface area contributed by atoms with Crippen LogP contribution in [0.3, 0.4) is 0 Å². The Morgan fingerprint density at radius 1 is 1.32 bits per heavy atom. The molecule has 0 radical (unpaired) electrons. The minimum Gasteiger partial charge on any atom is -0.393 e. The molecule has 9 nitrogen and oxygen atoms in total. The van der Waals surface area contributed by atoms with Gasteiger partial charge in [-0.15, -0.1) is 0 Å². The number of pyridine rings is 1. The number of anilines is 1. The van der Waals surface area contributed by atoms with Crippen LogP contribution in [0.25, 0.3) is 27.7 Å². The predicted molar refractivity (Wildman–Crippen MR) is 120 cm³/mol. The molecule has 10 heteroatoms. The van der Waals surface area contributed by atoms with E-state index in [1.54, 1.807) is 19.3 Å². The maximum atomic E-state index is 12.0. The number of nitrogens with two attached hydrogens (primary N) is 1. The first-order chi connectivity index (χ1) is 14.8. The van der Waals surface area contributed by atoms with Crippen LogP contribution in [0.2, 0.25) is 0 Å². The number of hydrogen-bond donors (Lipinski definition) is 4. The van der Waals surface area contributed by atoms with E-state index in [-0.39, 0.29) is 0 Å². The Hall–Kier alpha value is -3.08. The van der Waals surface area contributed by atoms with Crippen molar-refractivity contribution in [1.82, 2.24) is 24.9 Å². The molecule has 0 spiro atoms. The zero-order chi connectivity index (χ0) is 22.3. The van der Waals surface area contributed by atoms with E-state index in [1.165, 1.54) is 4.52 Å². The molecule has 0 saturated heterocycles. The quantitative estimate of drug-likeness (QED) is 0.340. The normalized spacial score (nSPS) is 13.5. The van der Waals surface area contributed by atoms with Crippen molar-refractivity contribution in [3.8, 4) is 11.1 Å². The van der Waals surface area contributed by atoms with Gasteiger partial charge in [-0.2, -0.15) is 9.61 Å². The monoisotopic (exact) mass is 484 g/mol. The number of fused-ring (bicyclic) bond motifs is 2. The summed E-state index contributed by atoms with van der Waals surface area (Å²) in [6.45, 7) is 3.06. The van der Waals surface area contributed by atoms with Gasteiger partial charge in [0, 0.05) is 22.7 Å². The number of nitrogen functional groups attached to an aromatic ring is 1. The largest absolute Gasteiger partial charge is 0.393 e. The van der Waals surface area contributed by atoms with Crippen LogP contribution in [-0.2, 0) is 4.79 Å². The summed E-state index contributed by atoms with van der Waals surface area (Å²) >= 11 is 3.43. The van der Waals surface area contributed by atoms with Crippen LogP contribution in [-0.4, -0.2) is 48.4 Å². The van der Waals surface area contributed by atoms with Gasteiger partial charge in [-0.3, -0.25) is 9.78 Å². The summed E-state index contributed by atoms with van der Waals surface area (Å²) in [5.74, 6) is -0.385. The minimum absolute atomic E-state index is 0.319. The summed E-state index contributed by atoms with van der Waals surface area (Å²) in [6.07, 6.45) is 1.92. The van der Waals surface area contributed by atoms with Crippen LogP contribution >= 0.6 is 15.9 Å². The molecule has 3 aromatic heterocycles. The summed E-state index contributed by atoms with van der Waals surface area (Å²) in [4.78, 5) is 21.2. The highest BCUT2D eigenvalue weighted by molar-refractivity contribution is 9.10. The number of carbonyl (C=O) groups excluding carboxylic acids is 1. The summed E-state index contributed by atoms with van der Waals surface area (Å²) in [5.41, 5.74) is 10.8. The highest BCUT2D eigenvalue weighted by atomic mass is 79.9. The minimum atomic E-state index is -1.51. The molecule has 2 atom stereocenters. The molecule has 0 aliphatic heterocycles. The van der Waals surface area contributed by atoms with Gasteiger partial charge in [-0.25, -0.2) is 4.98 Å². The van der Waals surface area contributed by atoms with Gasteiger partial charge >= 0.3 is 0 Å². The van der Waals surface area contributed by atoms with E-state index in [4.69, 9.17) is 15.8 Å². The van der Waals surface area contributed by atoms with Crippen LogP contribution in [0.4, 0.5) is 5.82 Å². The molecule has 5 N–H and O–H groups in total. The first-order valence-corrected chi connectivity index (χ1v) is 10.4. The van der Waals surface area contributed by atoms with Crippen molar-refractivity contribution in [2.75, 3.05) is 12.3 Å². The Labute approximate surface area is 186 Å². The van der Waals surface area contributed by atoms with Gasteiger partial charge in [0.05, 0.1) is 34.5 Å². The summed E-state index contributed by atoms with van der Waals surface area (Å²) in [7, 11) is 0. The van der Waals surface area contributed by atoms with E-state index < -0.39 is 24.7 Å². The second kappa shape index (κ2) is 8.22. The Morgan fingerprint density at radius 2 is 2.10 bits per heavy atom. The molecular weight excluding hydrogens is 464 g/mol. The van der Waals surface area contributed by atoms with Crippen molar-refractivity contribution in [2.24, 2.45) is 0 Å². The van der Waals surface area contributed by atoms with Gasteiger partial charge in [0.15, 0.2) is 11.8 Å². The van der Waals surface area contributed by atoms with Gasteiger partial charge in [0.2, 0.25) is 0 Å². The van der Waals surface area contributed by atoms with Crippen molar-refractivity contribution in [3.63, 3.8) is 0 Å². The molecule has 1 aromatic carbocycles. The fourth-order valence-corrected chi connectivity index (χ4v) is 3.96. The lowest BCUT2D eigenvalue weighted by molar-refractivity contribution is -0.131. The smallest absolute Gasteiger partial charge is 0.251 e. The number of halogens is 1. The van der Waals surface area contributed by atoms with E-state index in [2.05, 4.69) is 37.4 Å². The van der Waals surface area contributed by atoms with Crippen molar-refractivity contribution < 1.29 is 15.0 Å². The maximum Gasteiger partial charge on any atom is 0.251 e. The third kappa shape index (κ3) is 3.85. The number of rotatable bonds is 5. The SMILES string of the molecule is Cc1ccc2ncc(-c3cnn4c(N)c(Br)c(C(C)NC(=O)[C@@H](O)CO)nc34)cc2c1. The number of aliphatic hydroxyl groups excluding tert-OH is 2. The maximum absolute atomic E-state index is 12.0. The average Bonchev–Trinajstić information content (AvgIpc) is 3.19. The zero-order valence-corrected chi connectivity index (χ0v) is 18.5. The number of nitrogens with zero attached hydrogens (tertiary/aromatic N) is 4. The second-order valence-electron chi connectivity index (χ2n) is 7.34. The molecule has 4 aromatic rings. The second-order valence-corrected chi connectivity index (χ2v) is 8.13. The van der Waals surface area contributed by atoms with E-state index in [9.17, 15) is 9.90 Å². The molecule has 0 aliphatic rings. The molecule has 31 heavy (non-hydrogen) atoms. The van der Waals surface area contributed by atoms with Crippen molar-refractivity contribution in [2.45, 2.75) is 26.0 Å². The van der Waals surface area contributed by atoms with E-state index >= 15 is 0 Å². The number of nitrogens with one attached hydrogen (secondary N) is 1. The highest BCUT2D eigenvalue weighted by Crippen LogP contribution is 2.33. The van der Waals surface area contributed by atoms with Gasteiger partial charge in [0.1, 0.15) is 5.82 Å². The lowest BCUT2D eigenvalue weighted by Crippen LogP contribution is -2.38. The summed E-state index contributed by atoms with van der Waals surface area (Å²) < 4.78 is 1.99. The topological polar surface area (TPSA) is 139 Å². The highest BCUT2D eigenvalue weighted by Gasteiger charge is 2.23. The number of carbonyl (C=O) groups is 1. The molecule has 4 rings (SSSR count). The molecule has 1 amide bonds. The first kappa shape index (κ1) is 21.2. The molecule has 0 aliphatic carbocycles. The van der Waals surface area contributed by atoms with Crippen LogP contribution in [0, 0.1) is 6.92 Å². The molecule has 1 unspecified atom stereocenters. The molecule has 0 bridgehead atoms. The summed E-state index contributed by atoms with van der Waals surface area (Å²) in [6, 6.07) is 7.48. The Bertz CT molecular complexity index is 1310. The van der Waals surface area contributed by atoms with Crippen molar-refractivity contribution >= 4 is 44.2 Å². The van der Waals surface area contributed by atoms with Gasteiger partial charge < -0.3 is 21.3 Å². The standard InChI is InChI=1S/C21H21BrN6O3/c1-10-3-4-15-12(5-10)6-13(7-24-15)14-8-25-28-19(23)17(22)18(27-20(14)28)11(2)26-21(31)16(30)9-29/h3-8,11,16,29-30H,9,23H2,1-2H3,(H,26,31)/t11?,16-/m0/s1. The summed E-state index contributed by atoms with van der Waals surface area (Å²) in [5, 5.41) is 26.5. The van der Waals surface area contributed by atoms with Gasteiger partial charge in [0.25, 0.3) is 5.91 Å². The molecular formula is C21H21BrN6O3. The number of aryl methyl sites for hydroxylation is 1. The fourth-order valence-electron chi connectivity index (χ4n) is 3.36. The number of hydrogen-bond acceptors (Lipinski definition) is 7. The van der Waals surface area contributed by atoms with Crippen molar-refractivity contribution in [3.05, 3.63) is 52.4 Å². The Kier molecular flexibility index (Phi) is 5.61. The molecule has 0 saturated carbocycles. The first-order valence-electron chi connectivity index (χ1n) is 9.58. The third-order valence-corrected chi connectivity index (χ3v) is 5.85. The average molecular weight is 485 g/mol. The van der Waals surface area contributed by atoms with E-state index in [1.807, 2.05) is 25.1 Å². The molecule has 160 valence electrons. The lowest BCUT2D eigenvalue weighted by atomic mass is 10.1. The Morgan fingerprint density at radius 3 is 2.84 bits per heavy atom. The number of benzene rings is 1. The number of aliphatic hydroxyl groups is 2. The zero-order valence-electron chi connectivity index (χ0n) is 16.9. The van der Waals surface area contributed by atoms with Crippen LogP contribution in [0.1, 0.15) is 24.2 Å². The lowest BCUT2D eigenvalue weighted by Gasteiger charge is -2.18. The van der Waals surface area contributed by atoms with Gasteiger partial charge in [-0.1, -0.05) is 11.6 Å². The van der Waals surface area contributed by atoms with Crippen molar-refractivity contribution in [1.29, 1.82) is 0 Å². The number of aromatic nitrogens is 4. The predicted octanol–water partition coefficient (Wildman–Crippen LogP) is 2.13. The van der Waals surface area contributed by atoms with Gasteiger partial charge in [-0.05, 0) is 48.0 Å².